The van der Waals surface area contributed by atoms with Crippen molar-refractivity contribution in [2.45, 2.75) is 51.0 Å². The van der Waals surface area contributed by atoms with E-state index in [1.807, 2.05) is 30.3 Å². The van der Waals surface area contributed by atoms with Gasteiger partial charge in [0.05, 0.1) is 0 Å². The molecule has 2 nitrogen and oxygen atoms in total. The van der Waals surface area contributed by atoms with Crippen LogP contribution >= 0.6 is 0 Å². The third-order valence-electron chi connectivity index (χ3n) is 4.21. The summed E-state index contributed by atoms with van der Waals surface area (Å²) in [5.41, 5.74) is 0.850. The summed E-state index contributed by atoms with van der Waals surface area (Å²) < 4.78 is 0. The Morgan fingerprint density at radius 2 is 1.84 bits per heavy atom. The van der Waals surface area contributed by atoms with Crippen LogP contribution in [0.25, 0.3) is 0 Å². The Morgan fingerprint density at radius 3 is 2.53 bits per heavy atom. The monoisotopic (exact) mass is 259 g/mol. The first-order valence-electron chi connectivity index (χ1n) is 7.56. The minimum absolute atomic E-state index is 0.276. The van der Waals surface area contributed by atoms with Crippen molar-refractivity contribution in [1.82, 2.24) is 4.90 Å². The van der Waals surface area contributed by atoms with Crippen molar-refractivity contribution in [3.8, 4) is 0 Å². The van der Waals surface area contributed by atoms with E-state index in [1.165, 1.54) is 32.1 Å². The maximum absolute atomic E-state index is 12.0. The summed E-state index contributed by atoms with van der Waals surface area (Å²) in [5.74, 6) is 0.276. The summed E-state index contributed by atoms with van der Waals surface area (Å²) in [6.45, 7) is 1.04. The van der Waals surface area contributed by atoms with Gasteiger partial charge in [-0.3, -0.25) is 4.79 Å². The number of hydrogen-bond donors (Lipinski definition) is 0. The molecule has 1 aromatic carbocycles. The predicted molar refractivity (Wildman–Crippen MR) is 79.5 cm³/mol. The molecular weight excluding hydrogens is 234 g/mol. The van der Waals surface area contributed by atoms with Crippen molar-refractivity contribution in [2.75, 3.05) is 13.6 Å². The second-order valence-corrected chi connectivity index (χ2v) is 5.67. The number of benzene rings is 1. The molecule has 0 heterocycles. The minimum atomic E-state index is 0.276. The van der Waals surface area contributed by atoms with Crippen LogP contribution in [0.4, 0.5) is 0 Å². The Labute approximate surface area is 116 Å². The Hall–Kier alpha value is -1.15. The highest BCUT2D eigenvalue weighted by Gasteiger charge is 2.17. The third-order valence-corrected chi connectivity index (χ3v) is 4.21. The molecule has 0 saturated heterocycles. The fourth-order valence-corrected chi connectivity index (χ4v) is 2.96. The molecule has 1 aliphatic carbocycles. The summed E-state index contributed by atoms with van der Waals surface area (Å²) in [6, 6.07) is 10.4. The zero-order chi connectivity index (χ0) is 13.5. The molecule has 0 aliphatic heterocycles. The molecule has 0 amide bonds. The van der Waals surface area contributed by atoms with Gasteiger partial charge in [-0.15, -0.1) is 0 Å². The van der Waals surface area contributed by atoms with E-state index >= 15 is 0 Å². The zero-order valence-electron chi connectivity index (χ0n) is 12.0. The van der Waals surface area contributed by atoms with Gasteiger partial charge >= 0.3 is 0 Å². The Bertz CT molecular complexity index is 382. The molecule has 104 valence electrons. The lowest BCUT2D eigenvalue weighted by molar-refractivity contribution is 0.0971. The van der Waals surface area contributed by atoms with Crippen molar-refractivity contribution in [1.29, 1.82) is 0 Å². The van der Waals surface area contributed by atoms with Gasteiger partial charge in [0, 0.05) is 18.0 Å². The number of ketones is 1. The van der Waals surface area contributed by atoms with Gasteiger partial charge in [-0.25, -0.2) is 0 Å². The summed E-state index contributed by atoms with van der Waals surface area (Å²) >= 11 is 0. The van der Waals surface area contributed by atoms with Crippen LogP contribution in [0.1, 0.15) is 55.3 Å². The molecule has 2 heteroatoms. The Balaban J connectivity index is 1.69. The average Bonchev–Trinajstić information content (AvgIpc) is 2.49. The number of Topliss-reactive ketones (excluding diaryl/α,β-unsaturated/α-hetero) is 1. The van der Waals surface area contributed by atoms with Gasteiger partial charge in [0.1, 0.15) is 0 Å². The van der Waals surface area contributed by atoms with Crippen LogP contribution in [0, 0.1) is 0 Å². The lowest BCUT2D eigenvalue weighted by atomic mass is 9.94. The molecule has 0 atom stereocenters. The average molecular weight is 259 g/mol. The first-order valence-corrected chi connectivity index (χ1v) is 7.56. The molecule has 0 radical (unpaired) electrons. The number of hydrogen-bond acceptors (Lipinski definition) is 2. The smallest absolute Gasteiger partial charge is 0.162 e. The maximum Gasteiger partial charge on any atom is 0.162 e. The van der Waals surface area contributed by atoms with E-state index < -0.39 is 0 Å². The van der Waals surface area contributed by atoms with Crippen molar-refractivity contribution in [2.24, 2.45) is 0 Å². The minimum Gasteiger partial charge on any atom is -0.303 e. The molecule has 1 aromatic rings. The lowest BCUT2D eigenvalue weighted by Gasteiger charge is -2.31. The fourth-order valence-electron chi connectivity index (χ4n) is 2.96. The van der Waals surface area contributed by atoms with Gasteiger partial charge in [-0.1, -0.05) is 49.6 Å². The van der Waals surface area contributed by atoms with Crippen molar-refractivity contribution >= 4 is 5.78 Å². The molecule has 1 aliphatic rings. The van der Waals surface area contributed by atoms with Crippen molar-refractivity contribution < 1.29 is 4.79 Å². The quantitative estimate of drug-likeness (QED) is 0.722. The predicted octanol–water partition coefficient (Wildman–Crippen LogP) is 3.91. The van der Waals surface area contributed by atoms with Crippen LogP contribution in [0.5, 0.6) is 0 Å². The van der Waals surface area contributed by atoms with Gasteiger partial charge in [0.2, 0.25) is 0 Å². The molecule has 2 rings (SSSR count). The third kappa shape index (κ3) is 4.46. The van der Waals surface area contributed by atoms with Crippen LogP contribution in [-0.4, -0.2) is 30.3 Å². The molecule has 0 spiro atoms. The van der Waals surface area contributed by atoms with E-state index in [0.29, 0.717) is 6.42 Å². The first kappa shape index (κ1) is 14.3. The maximum atomic E-state index is 12.0. The molecule has 0 N–H and O–H groups in total. The topological polar surface area (TPSA) is 20.3 Å². The molecule has 1 fully saturated rings. The second kappa shape index (κ2) is 7.44. The van der Waals surface area contributed by atoms with Gasteiger partial charge in [0.25, 0.3) is 0 Å². The van der Waals surface area contributed by atoms with Crippen molar-refractivity contribution in [3.05, 3.63) is 35.9 Å². The summed E-state index contributed by atoms with van der Waals surface area (Å²) in [5, 5.41) is 0. The molecule has 19 heavy (non-hydrogen) atoms. The number of carbonyl (C=O) groups excluding carboxylic acids is 1. The van der Waals surface area contributed by atoms with Gasteiger partial charge < -0.3 is 4.90 Å². The number of rotatable bonds is 6. The highest BCUT2D eigenvalue weighted by Crippen LogP contribution is 2.21. The van der Waals surface area contributed by atoms with Crippen LogP contribution < -0.4 is 0 Å². The standard InChI is InChI=1S/C17H25NO/c1-18(16-11-6-3-7-12-16)14-8-13-17(19)15-9-4-2-5-10-15/h2,4-5,9-10,16H,3,6-8,11-14H2,1H3. The number of nitrogens with zero attached hydrogens (tertiary/aromatic N) is 1. The summed E-state index contributed by atoms with van der Waals surface area (Å²) in [7, 11) is 2.21. The van der Waals surface area contributed by atoms with Crippen molar-refractivity contribution in [3.63, 3.8) is 0 Å². The largest absolute Gasteiger partial charge is 0.303 e. The Morgan fingerprint density at radius 1 is 1.16 bits per heavy atom. The first-order chi connectivity index (χ1) is 9.27. The molecule has 0 aromatic heterocycles. The summed E-state index contributed by atoms with van der Waals surface area (Å²) in [4.78, 5) is 14.4. The van der Waals surface area contributed by atoms with Crippen LogP contribution in [0.2, 0.25) is 0 Å². The van der Waals surface area contributed by atoms with E-state index in [9.17, 15) is 4.79 Å². The fraction of sp³-hybridized carbons (Fsp3) is 0.588. The van der Waals surface area contributed by atoms with E-state index in [1.54, 1.807) is 0 Å². The molecule has 0 unspecified atom stereocenters. The van der Waals surface area contributed by atoms with E-state index in [0.717, 1.165) is 24.6 Å². The second-order valence-electron chi connectivity index (χ2n) is 5.67. The van der Waals surface area contributed by atoms with E-state index in [2.05, 4.69) is 11.9 Å². The van der Waals surface area contributed by atoms with Gasteiger partial charge in [-0.2, -0.15) is 0 Å². The van der Waals surface area contributed by atoms with Gasteiger partial charge in [0.15, 0.2) is 5.78 Å². The van der Waals surface area contributed by atoms with Crippen LogP contribution in [0.3, 0.4) is 0 Å². The van der Waals surface area contributed by atoms with Crippen LogP contribution in [-0.2, 0) is 0 Å². The van der Waals surface area contributed by atoms with E-state index in [-0.39, 0.29) is 5.78 Å². The molecule has 0 bridgehead atoms. The SMILES string of the molecule is CN(CCCC(=O)c1ccccc1)C1CCCCC1. The molecular formula is C17H25NO. The Kier molecular flexibility index (Phi) is 5.59. The molecule has 1 saturated carbocycles. The normalized spacial score (nSPS) is 16.7. The zero-order valence-corrected chi connectivity index (χ0v) is 12.0. The van der Waals surface area contributed by atoms with Crippen LogP contribution in [0.15, 0.2) is 30.3 Å². The highest BCUT2D eigenvalue weighted by atomic mass is 16.1. The number of carbonyl (C=O) groups is 1. The highest BCUT2D eigenvalue weighted by molar-refractivity contribution is 5.95. The van der Waals surface area contributed by atoms with Gasteiger partial charge in [-0.05, 0) is 32.9 Å². The lowest BCUT2D eigenvalue weighted by Crippen LogP contribution is -2.34. The summed E-state index contributed by atoms with van der Waals surface area (Å²) in [6.07, 6.45) is 8.46. The van der Waals surface area contributed by atoms with E-state index in [4.69, 9.17) is 0 Å².